The zero-order valence-corrected chi connectivity index (χ0v) is 16.1. The molecule has 1 heterocycles. The molecule has 1 atom stereocenters. The fourth-order valence-electron chi connectivity index (χ4n) is 2.56. The predicted molar refractivity (Wildman–Crippen MR) is 102 cm³/mol. The van der Waals surface area contributed by atoms with Crippen molar-refractivity contribution >= 4 is 23.4 Å². The van der Waals surface area contributed by atoms with Crippen LogP contribution in [0.2, 0.25) is 5.02 Å². The van der Waals surface area contributed by atoms with E-state index in [9.17, 15) is 4.39 Å². The molecule has 0 aliphatic carbocycles. The first-order valence-corrected chi connectivity index (χ1v) is 9.66. The molecule has 0 amide bonds. The highest BCUT2D eigenvalue weighted by atomic mass is 35.5. The summed E-state index contributed by atoms with van der Waals surface area (Å²) in [6, 6.07) is 14.0. The van der Waals surface area contributed by atoms with Crippen molar-refractivity contribution in [2.75, 3.05) is 0 Å². The van der Waals surface area contributed by atoms with Crippen LogP contribution < -0.4 is 4.74 Å². The molecule has 136 valence electrons. The molecular weight excluding hydrogens is 373 g/mol. The number of halogens is 2. The van der Waals surface area contributed by atoms with Gasteiger partial charge < -0.3 is 9.30 Å². The molecule has 0 aliphatic heterocycles. The minimum absolute atomic E-state index is 0.208. The summed E-state index contributed by atoms with van der Waals surface area (Å²) in [5.41, 5.74) is 0.646. The fraction of sp³-hybridized carbons (Fsp3) is 0.263. The van der Waals surface area contributed by atoms with Crippen LogP contribution in [0.1, 0.15) is 31.3 Å². The Hall–Kier alpha value is -2.05. The highest BCUT2D eigenvalue weighted by Gasteiger charge is 2.19. The van der Waals surface area contributed by atoms with Crippen molar-refractivity contribution < 1.29 is 9.13 Å². The van der Waals surface area contributed by atoms with E-state index in [0.29, 0.717) is 28.6 Å². The predicted octanol–water partition coefficient (Wildman–Crippen LogP) is 5.52. The zero-order chi connectivity index (χ0) is 18.5. The summed E-state index contributed by atoms with van der Waals surface area (Å²) in [5.74, 6) is 1.69. The average molecular weight is 392 g/mol. The number of thioether (sulfide) groups is 1. The van der Waals surface area contributed by atoms with E-state index in [4.69, 9.17) is 16.3 Å². The first kappa shape index (κ1) is 18.7. The Morgan fingerprint density at radius 3 is 2.73 bits per heavy atom. The van der Waals surface area contributed by atoms with E-state index in [2.05, 4.69) is 10.2 Å². The third-order valence-corrected chi connectivity index (χ3v) is 5.10. The van der Waals surface area contributed by atoms with Gasteiger partial charge in [-0.25, -0.2) is 4.39 Å². The number of nitrogens with zero attached hydrogens (tertiary/aromatic N) is 3. The molecular formula is C19H19ClFN3OS. The summed E-state index contributed by atoms with van der Waals surface area (Å²) in [6.07, 6.45) is -0.288. The van der Waals surface area contributed by atoms with Crippen LogP contribution in [0.5, 0.6) is 5.75 Å². The second-order valence-corrected chi connectivity index (χ2v) is 7.06. The number of rotatable bonds is 7. The van der Waals surface area contributed by atoms with Gasteiger partial charge in [-0.05, 0) is 43.7 Å². The van der Waals surface area contributed by atoms with Crippen LogP contribution in [0.3, 0.4) is 0 Å². The summed E-state index contributed by atoms with van der Waals surface area (Å²) in [4.78, 5) is 0. The summed E-state index contributed by atoms with van der Waals surface area (Å²) >= 11 is 7.46. The Labute approximate surface area is 161 Å². The van der Waals surface area contributed by atoms with Crippen molar-refractivity contribution in [2.45, 2.75) is 37.4 Å². The van der Waals surface area contributed by atoms with Gasteiger partial charge >= 0.3 is 0 Å². The van der Waals surface area contributed by atoms with Crippen LogP contribution in [0, 0.1) is 5.82 Å². The molecule has 0 fully saturated rings. The lowest BCUT2D eigenvalue weighted by atomic mass is 10.2. The maximum absolute atomic E-state index is 13.8. The van der Waals surface area contributed by atoms with Gasteiger partial charge in [-0.2, -0.15) is 0 Å². The van der Waals surface area contributed by atoms with Gasteiger partial charge in [0.1, 0.15) is 11.6 Å². The van der Waals surface area contributed by atoms with Crippen molar-refractivity contribution in [1.29, 1.82) is 0 Å². The van der Waals surface area contributed by atoms with Crippen LogP contribution in [0.4, 0.5) is 4.39 Å². The third kappa shape index (κ3) is 4.37. The largest absolute Gasteiger partial charge is 0.483 e. The normalized spacial score (nSPS) is 12.2. The third-order valence-electron chi connectivity index (χ3n) is 3.85. The van der Waals surface area contributed by atoms with Gasteiger partial charge in [-0.1, -0.05) is 47.6 Å². The number of aromatic nitrogens is 3. The lowest BCUT2D eigenvalue weighted by Crippen LogP contribution is -2.12. The van der Waals surface area contributed by atoms with Crippen molar-refractivity contribution in [3.05, 3.63) is 70.8 Å². The van der Waals surface area contributed by atoms with Crippen LogP contribution in [0.25, 0.3) is 0 Å². The molecule has 0 spiro atoms. The lowest BCUT2D eigenvalue weighted by molar-refractivity contribution is 0.210. The standard InChI is InChI=1S/C19H19ClFN3OS/c1-3-24-18(13(2)25-16-9-6-8-15(20)11-16)22-23-19(24)26-12-14-7-4-5-10-17(14)21/h4-11,13H,3,12H2,1-2H3. The van der Waals surface area contributed by atoms with Crippen molar-refractivity contribution in [3.63, 3.8) is 0 Å². The van der Waals surface area contributed by atoms with Crippen molar-refractivity contribution in [3.8, 4) is 5.75 Å². The Kier molecular flexibility index (Phi) is 6.16. The first-order chi connectivity index (χ1) is 12.6. The zero-order valence-electron chi connectivity index (χ0n) is 14.5. The summed E-state index contributed by atoms with van der Waals surface area (Å²) in [6.45, 7) is 4.64. The Morgan fingerprint density at radius 1 is 1.19 bits per heavy atom. The molecule has 0 bridgehead atoms. The van der Waals surface area contributed by atoms with Gasteiger partial charge in [0.15, 0.2) is 17.1 Å². The Bertz CT molecular complexity index is 887. The molecule has 7 heteroatoms. The number of ether oxygens (including phenoxy) is 1. The molecule has 1 aromatic heterocycles. The maximum atomic E-state index is 13.8. The summed E-state index contributed by atoms with van der Waals surface area (Å²) in [5, 5.41) is 9.90. The molecule has 2 aromatic carbocycles. The van der Waals surface area contributed by atoms with Crippen LogP contribution in [0.15, 0.2) is 53.7 Å². The SMILES string of the molecule is CCn1c(SCc2ccccc2F)nnc1C(C)Oc1cccc(Cl)c1. The molecule has 0 saturated carbocycles. The van der Waals surface area contributed by atoms with E-state index in [0.717, 1.165) is 11.0 Å². The second-order valence-electron chi connectivity index (χ2n) is 5.68. The minimum Gasteiger partial charge on any atom is -0.483 e. The number of benzene rings is 2. The van der Waals surface area contributed by atoms with Gasteiger partial charge in [0.05, 0.1) is 0 Å². The summed E-state index contributed by atoms with van der Waals surface area (Å²) in [7, 11) is 0. The van der Waals surface area contributed by atoms with E-state index in [1.165, 1.54) is 17.8 Å². The van der Waals surface area contributed by atoms with E-state index >= 15 is 0 Å². The van der Waals surface area contributed by atoms with Crippen LogP contribution in [-0.2, 0) is 12.3 Å². The fourth-order valence-corrected chi connectivity index (χ4v) is 3.74. The molecule has 1 unspecified atom stereocenters. The quantitative estimate of drug-likeness (QED) is 0.497. The van der Waals surface area contributed by atoms with Gasteiger partial charge in [0.2, 0.25) is 0 Å². The lowest BCUT2D eigenvalue weighted by Gasteiger charge is -2.15. The van der Waals surface area contributed by atoms with Crippen molar-refractivity contribution in [1.82, 2.24) is 14.8 Å². The van der Waals surface area contributed by atoms with E-state index in [1.807, 2.05) is 36.6 Å². The van der Waals surface area contributed by atoms with E-state index in [-0.39, 0.29) is 11.9 Å². The minimum atomic E-state index is -0.288. The summed E-state index contributed by atoms with van der Waals surface area (Å²) < 4.78 is 21.7. The molecule has 0 radical (unpaired) electrons. The molecule has 3 rings (SSSR count). The van der Waals surface area contributed by atoms with Gasteiger partial charge in [0, 0.05) is 17.3 Å². The highest BCUT2D eigenvalue weighted by molar-refractivity contribution is 7.98. The maximum Gasteiger partial charge on any atom is 0.191 e. The van der Waals surface area contributed by atoms with E-state index in [1.54, 1.807) is 24.3 Å². The molecule has 0 N–H and O–H groups in total. The first-order valence-electron chi connectivity index (χ1n) is 8.30. The molecule has 0 saturated heterocycles. The molecule has 4 nitrogen and oxygen atoms in total. The molecule has 3 aromatic rings. The van der Waals surface area contributed by atoms with E-state index < -0.39 is 0 Å². The number of hydrogen-bond donors (Lipinski definition) is 0. The Morgan fingerprint density at radius 2 is 2.00 bits per heavy atom. The van der Waals surface area contributed by atoms with Gasteiger partial charge in [-0.3, -0.25) is 0 Å². The van der Waals surface area contributed by atoms with Gasteiger partial charge in [0.25, 0.3) is 0 Å². The van der Waals surface area contributed by atoms with Gasteiger partial charge in [-0.15, -0.1) is 10.2 Å². The second kappa shape index (κ2) is 8.56. The van der Waals surface area contributed by atoms with Crippen LogP contribution >= 0.6 is 23.4 Å². The van der Waals surface area contributed by atoms with Crippen molar-refractivity contribution in [2.24, 2.45) is 0 Å². The topological polar surface area (TPSA) is 39.9 Å². The average Bonchev–Trinajstić information content (AvgIpc) is 3.04. The number of hydrogen-bond acceptors (Lipinski definition) is 4. The Balaban J connectivity index is 1.74. The molecule has 0 aliphatic rings. The van der Waals surface area contributed by atoms with Crippen LogP contribution in [-0.4, -0.2) is 14.8 Å². The highest BCUT2D eigenvalue weighted by Crippen LogP contribution is 2.28. The monoisotopic (exact) mass is 391 g/mol. The smallest absolute Gasteiger partial charge is 0.191 e. The molecule has 26 heavy (non-hydrogen) atoms.